The van der Waals surface area contributed by atoms with Crippen LogP contribution < -0.4 is 0 Å². The molecule has 0 fully saturated rings. The number of benzene rings is 1. The highest BCUT2D eigenvalue weighted by atomic mass is 16.4. The molecule has 0 radical (unpaired) electrons. The lowest BCUT2D eigenvalue weighted by Gasteiger charge is -2.25. The minimum absolute atomic E-state index is 0.159. The number of hydrogen-bond donors (Lipinski definition) is 0. The lowest BCUT2D eigenvalue weighted by molar-refractivity contribution is 0.0727. The van der Waals surface area contributed by atoms with Crippen LogP contribution in [0.2, 0.25) is 0 Å². The number of carbonyl (C=O) groups is 1. The molecule has 3 aromatic rings. The van der Waals surface area contributed by atoms with Crippen molar-refractivity contribution >= 4 is 5.91 Å². The third kappa shape index (κ3) is 2.76. The molecule has 0 spiro atoms. The van der Waals surface area contributed by atoms with Crippen molar-refractivity contribution in [1.82, 2.24) is 14.9 Å². The van der Waals surface area contributed by atoms with Gasteiger partial charge in [0.1, 0.15) is 11.5 Å². The number of carbonyl (C=O) groups excluding carboxylic acids is 1. The van der Waals surface area contributed by atoms with Gasteiger partial charge in [-0.05, 0) is 24.3 Å². The van der Waals surface area contributed by atoms with E-state index >= 15 is 0 Å². The second-order valence-electron chi connectivity index (χ2n) is 5.76. The molecule has 1 amide bonds. The van der Waals surface area contributed by atoms with Gasteiger partial charge in [-0.1, -0.05) is 12.1 Å². The van der Waals surface area contributed by atoms with Gasteiger partial charge in [0.2, 0.25) is 5.89 Å². The number of oxazole rings is 1. The quantitative estimate of drug-likeness (QED) is 0.721. The van der Waals surface area contributed by atoms with E-state index < -0.39 is 0 Å². The summed E-state index contributed by atoms with van der Waals surface area (Å²) in [4.78, 5) is 23.1. The molecule has 0 atom stereocenters. The Morgan fingerprint density at radius 2 is 2.12 bits per heavy atom. The van der Waals surface area contributed by atoms with Crippen LogP contribution >= 0.6 is 0 Å². The van der Waals surface area contributed by atoms with Gasteiger partial charge < -0.3 is 9.32 Å². The zero-order valence-corrected chi connectivity index (χ0v) is 13.3. The average molecular weight is 330 g/mol. The van der Waals surface area contributed by atoms with E-state index in [1.165, 1.54) is 0 Å². The molecule has 25 heavy (non-hydrogen) atoms. The van der Waals surface area contributed by atoms with Gasteiger partial charge >= 0.3 is 0 Å². The lowest BCUT2D eigenvalue weighted by Crippen LogP contribution is -2.36. The first-order valence-corrected chi connectivity index (χ1v) is 7.93. The molecule has 0 bridgehead atoms. The van der Waals surface area contributed by atoms with E-state index in [2.05, 4.69) is 16.0 Å². The van der Waals surface area contributed by atoms with Crippen molar-refractivity contribution in [2.75, 3.05) is 6.54 Å². The fourth-order valence-electron chi connectivity index (χ4n) is 2.92. The summed E-state index contributed by atoms with van der Waals surface area (Å²) in [6, 6.07) is 12.6. The fraction of sp³-hybridized carbons (Fsp3) is 0.158. The molecule has 0 saturated heterocycles. The summed E-state index contributed by atoms with van der Waals surface area (Å²) in [6.07, 6.45) is 3.99. The van der Waals surface area contributed by atoms with Gasteiger partial charge in [-0.25, -0.2) is 4.98 Å². The number of pyridine rings is 1. The lowest BCUT2D eigenvalue weighted by atomic mass is 10.1. The van der Waals surface area contributed by atoms with Crippen LogP contribution in [-0.2, 0) is 13.0 Å². The Morgan fingerprint density at radius 1 is 1.24 bits per heavy atom. The second-order valence-corrected chi connectivity index (χ2v) is 5.76. The van der Waals surface area contributed by atoms with Crippen LogP contribution in [0.3, 0.4) is 0 Å². The van der Waals surface area contributed by atoms with Gasteiger partial charge in [0.25, 0.3) is 5.91 Å². The topological polar surface area (TPSA) is 83.0 Å². The van der Waals surface area contributed by atoms with E-state index in [4.69, 9.17) is 4.42 Å². The Balaban J connectivity index is 1.60. The van der Waals surface area contributed by atoms with Crippen molar-refractivity contribution in [2.45, 2.75) is 13.0 Å². The molecule has 122 valence electrons. The van der Waals surface area contributed by atoms with Crippen molar-refractivity contribution < 1.29 is 9.21 Å². The fourth-order valence-corrected chi connectivity index (χ4v) is 2.92. The Bertz CT molecular complexity index is 973. The zero-order valence-electron chi connectivity index (χ0n) is 13.3. The predicted molar refractivity (Wildman–Crippen MR) is 89.3 cm³/mol. The van der Waals surface area contributed by atoms with Gasteiger partial charge in [-0.15, -0.1) is 0 Å². The van der Waals surface area contributed by atoms with Gasteiger partial charge in [-0.2, -0.15) is 5.26 Å². The minimum atomic E-state index is -0.159. The highest BCUT2D eigenvalue weighted by molar-refractivity contribution is 5.96. The van der Waals surface area contributed by atoms with E-state index in [9.17, 15) is 10.1 Å². The minimum Gasteiger partial charge on any atom is -0.441 e. The Morgan fingerprint density at radius 3 is 2.92 bits per heavy atom. The molecule has 0 aliphatic carbocycles. The largest absolute Gasteiger partial charge is 0.441 e. The molecule has 1 aliphatic rings. The van der Waals surface area contributed by atoms with Gasteiger partial charge in [0.15, 0.2) is 0 Å². The number of hydrogen-bond acceptors (Lipinski definition) is 5. The number of amides is 1. The van der Waals surface area contributed by atoms with Crippen molar-refractivity contribution in [3.63, 3.8) is 0 Å². The summed E-state index contributed by atoms with van der Waals surface area (Å²) in [6.45, 7) is 0.908. The van der Waals surface area contributed by atoms with Crippen molar-refractivity contribution in [3.05, 3.63) is 71.4 Å². The Labute approximate surface area is 144 Å². The SMILES string of the molecule is N#Cc1ccccc1C(=O)N1CCc2oc(-c3cccnc3)nc2C1. The zero-order chi connectivity index (χ0) is 17.2. The van der Waals surface area contributed by atoms with E-state index in [-0.39, 0.29) is 5.91 Å². The third-order valence-corrected chi connectivity index (χ3v) is 4.20. The molecule has 6 nitrogen and oxygen atoms in total. The van der Waals surface area contributed by atoms with Crippen LogP contribution in [0, 0.1) is 11.3 Å². The first-order chi connectivity index (χ1) is 12.3. The molecule has 1 aromatic carbocycles. The molecule has 0 unspecified atom stereocenters. The highest BCUT2D eigenvalue weighted by Crippen LogP contribution is 2.26. The van der Waals surface area contributed by atoms with Crippen LogP contribution in [0.4, 0.5) is 0 Å². The van der Waals surface area contributed by atoms with Crippen molar-refractivity contribution in [2.24, 2.45) is 0 Å². The smallest absolute Gasteiger partial charge is 0.255 e. The molecule has 3 heterocycles. The maximum atomic E-state index is 12.8. The average Bonchev–Trinajstić information content (AvgIpc) is 3.11. The summed E-state index contributed by atoms with van der Waals surface area (Å²) in [5, 5.41) is 9.20. The molecule has 2 aromatic heterocycles. The first-order valence-electron chi connectivity index (χ1n) is 7.93. The summed E-state index contributed by atoms with van der Waals surface area (Å²) in [5.41, 5.74) is 2.37. The summed E-state index contributed by atoms with van der Waals surface area (Å²) in [5.74, 6) is 1.16. The molecule has 0 saturated carbocycles. The van der Waals surface area contributed by atoms with Crippen molar-refractivity contribution in [3.8, 4) is 17.5 Å². The Hall–Kier alpha value is -3.46. The third-order valence-electron chi connectivity index (χ3n) is 4.20. The number of fused-ring (bicyclic) bond motifs is 1. The molecule has 6 heteroatoms. The van der Waals surface area contributed by atoms with Gasteiger partial charge in [-0.3, -0.25) is 9.78 Å². The van der Waals surface area contributed by atoms with E-state index in [0.717, 1.165) is 17.0 Å². The maximum Gasteiger partial charge on any atom is 0.255 e. The van der Waals surface area contributed by atoms with Crippen LogP contribution in [0.25, 0.3) is 11.5 Å². The number of aromatic nitrogens is 2. The molecular weight excluding hydrogens is 316 g/mol. The van der Waals surface area contributed by atoms with E-state index in [1.54, 1.807) is 41.6 Å². The highest BCUT2D eigenvalue weighted by Gasteiger charge is 2.27. The molecule has 1 aliphatic heterocycles. The van der Waals surface area contributed by atoms with E-state index in [1.807, 2.05) is 12.1 Å². The van der Waals surface area contributed by atoms with Crippen LogP contribution in [0.5, 0.6) is 0 Å². The summed E-state index contributed by atoms with van der Waals surface area (Å²) in [7, 11) is 0. The summed E-state index contributed by atoms with van der Waals surface area (Å²) < 4.78 is 5.83. The molecule has 0 N–H and O–H groups in total. The van der Waals surface area contributed by atoms with Crippen LogP contribution in [0.1, 0.15) is 27.4 Å². The number of nitrogens with zero attached hydrogens (tertiary/aromatic N) is 4. The summed E-state index contributed by atoms with van der Waals surface area (Å²) >= 11 is 0. The van der Waals surface area contributed by atoms with E-state index in [0.29, 0.717) is 36.5 Å². The molecule has 4 rings (SSSR count). The predicted octanol–water partition coefficient (Wildman–Crippen LogP) is 2.81. The van der Waals surface area contributed by atoms with Crippen molar-refractivity contribution in [1.29, 1.82) is 5.26 Å². The Kier molecular flexibility index (Phi) is 3.75. The van der Waals surface area contributed by atoms with Gasteiger partial charge in [0.05, 0.1) is 29.3 Å². The normalized spacial score (nSPS) is 13.2. The first kappa shape index (κ1) is 15.1. The maximum absolute atomic E-state index is 12.8. The number of rotatable bonds is 2. The number of nitriles is 1. The second kappa shape index (κ2) is 6.21. The molecular formula is C19H14N4O2. The monoisotopic (exact) mass is 330 g/mol. The standard InChI is InChI=1S/C19H14N4O2/c20-10-13-4-1-2-6-15(13)19(24)23-9-7-17-16(12-23)22-18(25-17)14-5-3-8-21-11-14/h1-6,8,11H,7,9,12H2. The van der Waals surface area contributed by atoms with Crippen LogP contribution in [-0.4, -0.2) is 27.3 Å². The van der Waals surface area contributed by atoms with Gasteiger partial charge in [0, 0.05) is 25.4 Å². The van der Waals surface area contributed by atoms with Crippen LogP contribution in [0.15, 0.2) is 53.2 Å².